The maximum absolute atomic E-state index is 12.4. The van der Waals surface area contributed by atoms with Gasteiger partial charge in [-0.2, -0.15) is 0 Å². The second-order valence-electron chi connectivity index (χ2n) is 6.55. The van der Waals surface area contributed by atoms with E-state index in [-0.39, 0.29) is 6.04 Å². The largest absolute Gasteiger partial charge is 0.459 e. The van der Waals surface area contributed by atoms with Crippen molar-refractivity contribution in [1.29, 1.82) is 0 Å². The number of hydrogen-bond donors (Lipinski definition) is 1. The number of amides is 1. The molecule has 0 saturated carbocycles. The lowest BCUT2D eigenvalue weighted by Gasteiger charge is -2.11. The van der Waals surface area contributed by atoms with E-state index in [1.54, 1.807) is 6.07 Å². The molecular formula is C21H19NO3. The molecule has 0 aliphatic heterocycles. The maximum Gasteiger partial charge on any atom is 0.292 e. The van der Waals surface area contributed by atoms with Crippen LogP contribution < -0.4 is 5.32 Å². The van der Waals surface area contributed by atoms with Crippen molar-refractivity contribution in [2.24, 2.45) is 0 Å². The fraction of sp³-hybridized carbons (Fsp3) is 0.238. The Balaban J connectivity index is 1.49. The van der Waals surface area contributed by atoms with E-state index >= 15 is 0 Å². The van der Waals surface area contributed by atoms with Gasteiger partial charge in [0.25, 0.3) is 5.91 Å². The number of Topliss-reactive ketones (excluding diaryl/α,β-unsaturated/α-hetero) is 1. The zero-order valence-electron chi connectivity index (χ0n) is 14.0. The third kappa shape index (κ3) is 2.95. The van der Waals surface area contributed by atoms with Gasteiger partial charge in [0.2, 0.25) is 5.78 Å². The summed E-state index contributed by atoms with van der Waals surface area (Å²) in [6.45, 7) is 1.81. The molecule has 1 amide bonds. The lowest BCUT2D eigenvalue weighted by atomic mass is 10.0. The van der Waals surface area contributed by atoms with Crippen LogP contribution in [0.25, 0.3) is 11.0 Å². The van der Waals surface area contributed by atoms with Gasteiger partial charge in [-0.05, 0) is 55.5 Å². The van der Waals surface area contributed by atoms with Gasteiger partial charge in [0, 0.05) is 10.9 Å². The molecule has 0 spiro atoms. The highest BCUT2D eigenvalue weighted by Crippen LogP contribution is 2.25. The number of para-hydroxylation sites is 1. The zero-order chi connectivity index (χ0) is 17.4. The van der Waals surface area contributed by atoms with Crippen LogP contribution in [0.2, 0.25) is 0 Å². The van der Waals surface area contributed by atoms with Crippen LogP contribution in [0, 0.1) is 0 Å². The number of aryl methyl sites for hydroxylation is 2. The summed E-state index contributed by atoms with van der Waals surface area (Å²) < 4.78 is 5.75. The average Bonchev–Trinajstić information content (AvgIpc) is 3.26. The summed E-state index contributed by atoms with van der Waals surface area (Å²) in [6.07, 6.45) is 3.15. The highest BCUT2D eigenvalue weighted by molar-refractivity contribution is 6.42. The molecule has 1 heterocycles. The molecule has 1 aromatic heterocycles. The van der Waals surface area contributed by atoms with Crippen LogP contribution in [-0.2, 0) is 17.6 Å². The van der Waals surface area contributed by atoms with Gasteiger partial charge in [0.15, 0.2) is 0 Å². The summed E-state index contributed by atoms with van der Waals surface area (Å²) in [6, 6.07) is 14.7. The number of carbonyl (C=O) groups is 2. The Labute approximate surface area is 145 Å². The van der Waals surface area contributed by atoms with Gasteiger partial charge in [-0.3, -0.25) is 9.59 Å². The molecule has 126 valence electrons. The fourth-order valence-corrected chi connectivity index (χ4v) is 3.39. The number of rotatable bonds is 4. The maximum atomic E-state index is 12.4. The topological polar surface area (TPSA) is 59.3 Å². The van der Waals surface area contributed by atoms with Crippen molar-refractivity contribution < 1.29 is 14.0 Å². The molecule has 4 heteroatoms. The van der Waals surface area contributed by atoms with E-state index in [1.165, 1.54) is 11.1 Å². The third-order valence-corrected chi connectivity index (χ3v) is 4.79. The molecule has 1 aliphatic rings. The van der Waals surface area contributed by atoms with Crippen LogP contribution in [0.15, 0.2) is 52.9 Å². The monoisotopic (exact) mass is 333 g/mol. The predicted molar refractivity (Wildman–Crippen MR) is 95.6 cm³/mol. The van der Waals surface area contributed by atoms with E-state index in [2.05, 4.69) is 5.32 Å². The minimum atomic E-state index is -0.606. The van der Waals surface area contributed by atoms with E-state index in [4.69, 9.17) is 4.42 Å². The average molecular weight is 333 g/mol. The van der Waals surface area contributed by atoms with Crippen molar-refractivity contribution in [2.75, 3.05) is 0 Å². The van der Waals surface area contributed by atoms with Crippen LogP contribution in [-0.4, -0.2) is 11.7 Å². The van der Waals surface area contributed by atoms with E-state index in [9.17, 15) is 9.59 Å². The summed E-state index contributed by atoms with van der Waals surface area (Å²) in [5.41, 5.74) is 3.69. The molecule has 0 saturated heterocycles. The summed E-state index contributed by atoms with van der Waals surface area (Å²) in [4.78, 5) is 24.8. The predicted octanol–water partition coefficient (Wildman–Crippen LogP) is 3.98. The second kappa shape index (κ2) is 6.20. The number of hydrogen-bond acceptors (Lipinski definition) is 3. The van der Waals surface area contributed by atoms with Gasteiger partial charge in [-0.15, -0.1) is 0 Å². The SMILES string of the molecule is C[C@@H](NC(=O)C(=O)c1ccc2c(c1)CCC2)c1cc2ccccc2o1. The van der Waals surface area contributed by atoms with Gasteiger partial charge in [0.1, 0.15) is 11.3 Å². The minimum Gasteiger partial charge on any atom is -0.459 e. The Morgan fingerprint density at radius 2 is 1.84 bits per heavy atom. The van der Waals surface area contributed by atoms with E-state index in [1.807, 2.05) is 49.4 Å². The Morgan fingerprint density at radius 1 is 1.04 bits per heavy atom. The Hall–Kier alpha value is -2.88. The molecule has 0 unspecified atom stereocenters. The van der Waals surface area contributed by atoms with Crippen molar-refractivity contribution in [3.05, 3.63) is 71.0 Å². The molecule has 0 fully saturated rings. The lowest BCUT2D eigenvalue weighted by molar-refractivity contribution is -0.117. The van der Waals surface area contributed by atoms with Gasteiger partial charge in [-0.25, -0.2) is 0 Å². The highest BCUT2D eigenvalue weighted by Gasteiger charge is 2.22. The van der Waals surface area contributed by atoms with Gasteiger partial charge >= 0.3 is 0 Å². The molecule has 25 heavy (non-hydrogen) atoms. The van der Waals surface area contributed by atoms with E-state index in [0.717, 1.165) is 30.2 Å². The van der Waals surface area contributed by atoms with Crippen molar-refractivity contribution in [3.8, 4) is 0 Å². The number of nitrogens with one attached hydrogen (secondary N) is 1. The Kier molecular flexibility index (Phi) is 3.88. The van der Waals surface area contributed by atoms with Crippen LogP contribution in [0.4, 0.5) is 0 Å². The number of carbonyl (C=O) groups excluding carboxylic acids is 2. The highest BCUT2D eigenvalue weighted by atomic mass is 16.3. The number of furan rings is 1. The minimum absolute atomic E-state index is 0.377. The van der Waals surface area contributed by atoms with E-state index in [0.29, 0.717) is 11.3 Å². The normalized spacial score (nSPS) is 14.3. The number of benzene rings is 2. The van der Waals surface area contributed by atoms with Crippen molar-refractivity contribution >= 4 is 22.7 Å². The first kappa shape index (κ1) is 15.6. The molecule has 4 rings (SSSR count). The van der Waals surface area contributed by atoms with Crippen LogP contribution in [0.3, 0.4) is 0 Å². The van der Waals surface area contributed by atoms with Crippen molar-refractivity contribution in [1.82, 2.24) is 5.32 Å². The summed E-state index contributed by atoms with van der Waals surface area (Å²) in [7, 11) is 0. The van der Waals surface area contributed by atoms with Crippen LogP contribution in [0.5, 0.6) is 0 Å². The number of ketones is 1. The first-order valence-electron chi connectivity index (χ1n) is 8.57. The molecule has 0 radical (unpaired) electrons. The Bertz CT molecular complexity index is 937. The molecular weight excluding hydrogens is 314 g/mol. The first-order valence-corrected chi connectivity index (χ1v) is 8.57. The van der Waals surface area contributed by atoms with Crippen molar-refractivity contribution in [2.45, 2.75) is 32.2 Å². The van der Waals surface area contributed by atoms with E-state index < -0.39 is 11.7 Å². The zero-order valence-corrected chi connectivity index (χ0v) is 14.0. The van der Waals surface area contributed by atoms with Crippen molar-refractivity contribution in [3.63, 3.8) is 0 Å². The quantitative estimate of drug-likeness (QED) is 0.580. The molecule has 3 aromatic rings. The fourth-order valence-electron chi connectivity index (χ4n) is 3.39. The summed E-state index contributed by atoms with van der Waals surface area (Å²) >= 11 is 0. The second-order valence-corrected chi connectivity index (χ2v) is 6.55. The summed E-state index contributed by atoms with van der Waals surface area (Å²) in [5.74, 6) is -0.472. The summed E-state index contributed by atoms with van der Waals surface area (Å²) in [5, 5.41) is 3.72. The van der Waals surface area contributed by atoms with Gasteiger partial charge in [-0.1, -0.05) is 30.3 Å². The van der Waals surface area contributed by atoms with Gasteiger partial charge in [0.05, 0.1) is 6.04 Å². The van der Waals surface area contributed by atoms with Crippen LogP contribution >= 0.6 is 0 Å². The first-order chi connectivity index (χ1) is 12.1. The smallest absolute Gasteiger partial charge is 0.292 e. The molecule has 0 bridgehead atoms. The molecule has 1 aliphatic carbocycles. The lowest BCUT2D eigenvalue weighted by Crippen LogP contribution is -2.33. The standard InChI is InChI=1S/C21H19NO3/c1-13(19-12-16-5-2-3-8-18(16)25-19)22-21(24)20(23)17-10-9-14-6-4-7-15(14)11-17/h2-3,5,8-13H,4,6-7H2,1H3,(H,22,24)/t13-/m1/s1. The molecule has 1 N–H and O–H groups in total. The molecule has 2 aromatic carbocycles. The third-order valence-electron chi connectivity index (χ3n) is 4.79. The number of fused-ring (bicyclic) bond motifs is 2. The molecule has 1 atom stereocenters. The Morgan fingerprint density at radius 3 is 2.68 bits per heavy atom. The van der Waals surface area contributed by atoms with Gasteiger partial charge < -0.3 is 9.73 Å². The van der Waals surface area contributed by atoms with Crippen LogP contribution in [0.1, 0.15) is 46.6 Å². The molecule has 4 nitrogen and oxygen atoms in total.